The summed E-state index contributed by atoms with van der Waals surface area (Å²) < 4.78 is 66.6. The van der Waals surface area contributed by atoms with Crippen LogP contribution in [0.4, 0.5) is 13.2 Å². The summed E-state index contributed by atoms with van der Waals surface area (Å²) in [7, 11) is -4.02. The predicted molar refractivity (Wildman–Crippen MR) is 98.2 cm³/mol. The van der Waals surface area contributed by atoms with Crippen LogP contribution in [0.25, 0.3) is 0 Å². The van der Waals surface area contributed by atoms with E-state index < -0.39 is 39.0 Å². The number of rotatable bonds is 3. The first-order valence-electron chi connectivity index (χ1n) is 8.84. The van der Waals surface area contributed by atoms with Gasteiger partial charge in [-0.3, -0.25) is 9.79 Å². The lowest BCUT2D eigenvalue weighted by Gasteiger charge is -2.36. The summed E-state index contributed by atoms with van der Waals surface area (Å²) >= 11 is 0. The predicted octanol–water partition coefficient (Wildman–Crippen LogP) is 2.20. The first-order chi connectivity index (χ1) is 13.7. The first-order valence-corrected chi connectivity index (χ1v) is 10.3. The second-order valence-electron chi connectivity index (χ2n) is 6.94. The van der Waals surface area contributed by atoms with E-state index in [2.05, 4.69) is 10.3 Å². The molecule has 0 aliphatic carbocycles. The van der Waals surface area contributed by atoms with Gasteiger partial charge in [0.15, 0.2) is 11.6 Å². The van der Waals surface area contributed by atoms with Gasteiger partial charge in [-0.05, 0) is 30.3 Å². The Labute approximate surface area is 165 Å². The number of nitrogens with zero attached hydrogens (tertiary/aromatic N) is 2. The van der Waals surface area contributed by atoms with Crippen molar-refractivity contribution in [3.63, 3.8) is 0 Å². The molecule has 2 aromatic rings. The highest BCUT2D eigenvalue weighted by Crippen LogP contribution is 2.31. The molecule has 2 aromatic carbocycles. The molecule has 1 fully saturated rings. The van der Waals surface area contributed by atoms with Crippen molar-refractivity contribution in [2.45, 2.75) is 23.4 Å². The SMILES string of the molecule is O=C1NC2(CCN(S(=O)(=O)c3ccc(F)c(F)c3)CC2)N=C1c1cccc(F)c1. The summed E-state index contributed by atoms with van der Waals surface area (Å²) in [5.41, 5.74) is -0.531. The van der Waals surface area contributed by atoms with Crippen LogP contribution < -0.4 is 5.32 Å². The fourth-order valence-electron chi connectivity index (χ4n) is 3.51. The Balaban J connectivity index is 1.54. The van der Waals surface area contributed by atoms with Crippen molar-refractivity contribution in [3.05, 3.63) is 65.5 Å². The number of aliphatic imine (C=N–C) groups is 1. The molecule has 2 heterocycles. The van der Waals surface area contributed by atoms with Gasteiger partial charge in [0.1, 0.15) is 17.2 Å². The molecule has 0 unspecified atom stereocenters. The van der Waals surface area contributed by atoms with Gasteiger partial charge in [-0.25, -0.2) is 21.6 Å². The second-order valence-corrected chi connectivity index (χ2v) is 8.87. The van der Waals surface area contributed by atoms with Crippen LogP contribution >= 0.6 is 0 Å². The zero-order chi connectivity index (χ0) is 20.8. The summed E-state index contributed by atoms with van der Waals surface area (Å²) in [4.78, 5) is 16.5. The highest BCUT2D eigenvalue weighted by molar-refractivity contribution is 7.89. The van der Waals surface area contributed by atoms with E-state index in [0.717, 1.165) is 16.4 Å². The monoisotopic (exact) mass is 423 g/mol. The number of halogens is 3. The average molecular weight is 423 g/mol. The van der Waals surface area contributed by atoms with Gasteiger partial charge in [0, 0.05) is 31.5 Å². The van der Waals surface area contributed by atoms with Crippen molar-refractivity contribution in [2.24, 2.45) is 4.99 Å². The summed E-state index contributed by atoms with van der Waals surface area (Å²) in [6.07, 6.45) is 0.390. The van der Waals surface area contributed by atoms with Crippen LogP contribution in [0.5, 0.6) is 0 Å². The topological polar surface area (TPSA) is 78.8 Å². The minimum absolute atomic E-state index is 0.0293. The van der Waals surface area contributed by atoms with Crippen molar-refractivity contribution in [1.82, 2.24) is 9.62 Å². The molecule has 152 valence electrons. The third-order valence-electron chi connectivity index (χ3n) is 5.06. The Morgan fingerprint density at radius 1 is 1.00 bits per heavy atom. The van der Waals surface area contributed by atoms with Crippen molar-refractivity contribution >= 4 is 21.6 Å². The summed E-state index contributed by atoms with van der Waals surface area (Å²) in [6, 6.07) is 7.93. The van der Waals surface area contributed by atoms with Gasteiger partial charge >= 0.3 is 0 Å². The highest BCUT2D eigenvalue weighted by Gasteiger charge is 2.44. The Kier molecular flexibility index (Phi) is 4.70. The fraction of sp³-hybridized carbons (Fsp3) is 0.263. The molecule has 2 aliphatic rings. The molecule has 1 spiro atoms. The molecule has 0 radical (unpaired) electrons. The van der Waals surface area contributed by atoms with E-state index in [1.54, 1.807) is 6.07 Å². The molecule has 2 aliphatic heterocycles. The molecule has 29 heavy (non-hydrogen) atoms. The van der Waals surface area contributed by atoms with Crippen LogP contribution in [-0.2, 0) is 14.8 Å². The standard InChI is InChI=1S/C19H16F3N3O3S/c20-13-3-1-2-12(10-13)17-18(26)24-19(23-17)6-8-25(9-7-19)29(27,28)14-4-5-15(21)16(22)11-14/h1-5,10-11H,6-9H2,(H,24,26). The number of carbonyl (C=O) groups excluding carboxylic acids is 1. The van der Waals surface area contributed by atoms with Crippen LogP contribution in [-0.4, -0.2) is 43.1 Å². The molecule has 1 saturated heterocycles. The molecule has 0 atom stereocenters. The molecule has 1 amide bonds. The van der Waals surface area contributed by atoms with E-state index in [1.807, 2.05) is 0 Å². The van der Waals surface area contributed by atoms with Crippen molar-refractivity contribution < 1.29 is 26.4 Å². The van der Waals surface area contributed by atoms with E-state index in [-0.39, 0.29) is 36.5 Å². The van der Waals surface area contributed by atoms with Crippen LogP contribution in [0.2, 0.25) is 0 Å². The molecule has 0 saturated carbocycles. The van der Waals surface area contributed by atoms with Gasteiger partial charge in [-0.15, -0.1) is 0 Å². The molecular weight excluding hydrogens is 407 g/mol. The van der Waals surface area contributed by atoms with Crippen molar-refractivity contribution in [1.29, 1.82) is 0 Å². The zero-order valence-electron chi connectivity index (χ0n) is 15.0. The van der Waals surface area contributed by atoms with Crippen LogP contribution in [0, 0.1) is 17.5 Å². The largest absolute Gasteiger partial charge is 0.326 e. The third-order valence-corrected chi connectivity index (χ3v) is 6.96. The lowest BCUT2D eigenvalue weighted by atomic mass is 10.00. The normalized spacial score (nSPS) is 19.3. The molecular formula is C19H16F3N3O3S. The first kappa shape index (κ1) is 19.6. The fourth-order valence-corrected chi connectivity index (χ4v) is 4.97. The molecule has 10 heteroatoms. The van der Waals surface area contributed by atoms with Gasteiger partial charge in [0.25, 0.3) is 5.91 Å². The minimum atomic E-state index is -4.02. The summed E-state index contributed by atoms with van der Waals surface area (Å²) in [5, 5.41) is 2.77. The Bertz CT molecular complexity index is 1130. The summed E-state index contributed by atoms with van der Waals surface area (Å²) in [5.74, 6) is -3.32. The molecule has 1 N–H and O–H groups in total. The van der Waals surface area contributed by atoms with Crippen LogP contribution in [0.1, 0.15) is 18.4 Å². The lowest BCUT2D eigenvalue weighted by molar-refractivity contribution is -0.115. The number of hydrogen-bond donors (Lipinski definition) is 1. The maximum atomic E-state index is 13.5. The van der Waals surface area contributed by atoms with E-state index in [4.69, 9.17) is 0 Å². The van der Waals surface area contributed by atoms with Gasteiger partial charge in [-0.2, -0.15) is 4.31 Å². The number of benzene rings is 2. The Morgan fingerprint density at radius 2 is 1.72 bits per heavy atom. The van der Waals surface area contributed by atoms with E-state index >= 15 is 0 Å². The molecule has 0 bridgehead atoms. The van der Waals surface area contributed by atoms with Gasteiger partial charge < -0.3 is 5.32 Å². The zero-order valence-corrected chi connectivity index (χ0v) is 15.8. The van der Waals surface area contributed by atoms with E-state index in [9.17, 15) is 26.4 Å². The number of nitrogens with one attached hydrogen (secondary N) is 1. The Morgan fingerprint density at radius 3 is 2.38 bits per heavy atom. The maximum Gasteiger partial charge on any atom is 0.272 e. The van der Waals surface area contributed by atoms with Gasteiger partial charge in [-0.1, -0.05) is 12.1 Å². The minimum Gasteiger partial charge on any atom is -0.326 e. The number of sulfonamides is 1. The van der Waals surface area contributed by atoms with Crippen molar-refractivity contribution in [3.8, 4) is 0 Å². The average Bonchev–Trinajstić information content (AvgIpc) is 3.00. The molecule has 6 nitrogen and oxygen atoms in total. The lowest BCUT2D eigenvalue weighted by Crippen LogP contribution is -2.52. The van der Waals surface area contributed by atoms with Gasteiger partial charge in [0.05, 0.1) is 4.90 Å². The second kappa shape index (κ2) is 6.96. The van der Waals surface area contributed by atoms with Gasteiger partial charge in [0.2, 0.25) is 10.0 Å². The number of hydrogen-bond acceptors (Lipinski definition) is 4. The maximum absolute atomic E-state index is 13.5. The van der Waals surface area contributed by atoms with Crippen LogP contribution in [0.15, 0.2) is 52.4 Å². The smallest absolute Gasteiger partial charge is 0.272 e. The number of carbonyl (C=O) groups is 1. The third kappa shape index (κ3) is 3.53. The highest BCUT2D eigenvalue weighted by atomic mass is 32.2. The number of amides is 1. The van der Waals surface area contributed by atoms with E-state index in [0.29, 0.717) is 11.6 Å². The van der Waals surface area contributed by atoms with Crippen molar-refractivity contribution in [2.75, 3.05) is 13.1 Å². The van der Waals surface area contributed by atoms with E-state index in [1.165, 1.54) is 18.2 Å². The number of piperidine rings is 1. The molecule has 4 rings (SSSR count). The Hall–Kier alpha value is -2.72. The molecule has 0 aromatic heterocycles. The van der Waals surface area contributed by atoms with Crippen LogP contribution in [0.3, 0.4) is 0 Å². The quantitative estimate of drug-likeness (QED) is 0.822. The summed E-state index contributed by atoms with van der Waals surface area (Å²) in [6.45, 7) is 0.0586.